The van der Waals surface area contributed by atoms with Crippen LogP contribution in [0.2, 0.25) is 0 Å². The standard InChI is InChI=1S/C17H20N4O3/c1-23-15-6-3-2-5-14(15)20-17(22)21-11-7-13(8-12-21)24-16-18-9-4-10-19-16/h2-6,9-10,13H,7-8,11-12H2,1H3,(H,20,22). The van der Waals surface area contributed by atoms with Gasteiger partial charge in [0, 0.05) is 38.3 Å². The van der Waals surface area contributed by atoms with Crippen molar-refractivity contribution in [1.82, 2.24) is 14.9 Å². The van der Waals surface area contributed by atoms with Crippen molar-refractivity contribution < 1.29 is 14.3 Å². The van der Waals surface area contributed by atoms with Crippen molar-refractivity contribution >= 4 is 11.7 Å². The van der Waals surface area contributed by atoms with Crippen LogP contribution < -0.4 is 14.8 Å². The number of carbonyl (C=O) groups excluding carboxylic acids is 1. The average molecular weight is 328 g/mol. The van der Waals surface area contributed by atoms with E-state index in [1.165, 1.54) is 0 Å². The number of aromatic nitrogens is 2. The van der Waals surface area contributed by atoms with Gasteiger partial charge in [-0.15, -0.1) is 0 Å². The van der Waals surface area contributed by atoms with Crippen molar-refractivity contribution in [2.24, 2.45) is 0 Å². The van der Waals surface area contributed by atoms with Crippen molar-refractivity contribution in [1.29, 1.82) is 0 Å². The van der Waals surface area contributed by atoms with Gasteiger partial charge in [0.1, 0.15) is 11.9 Å². The first-order valence-corrected chi connectivity index (χ1v) is 7.89. The Labute approximate surface area is 140 Å². The lowest BCUT2D eigenvalue weighted by Crippen LogP contribution is -2.43. The van der Waals surface area contributed by atoms with Gasteiger partial charge < -0.3 is 19.7 Å². The van der Waals surface area contributed by atoms with Crippen LogP contribution in [-0.2, 0) is 0 Å². The summed E-state index contributed by atoms with van der Waals surface area (Å²) in [6.07, 6.45) is 4.83. The number of anilines is 1. The van der Waals surface area contributed by atoms with E-state index >= 15 is 0 Å². The molecule has 0 saturated carbocycles. The Kier molecular flexibility index (Phi) is 5.10. The summed E-state index contributed by atoms with van der Waals surface area (Å²) in [6.45, 7) is 1.25. The van der Waals surface area contributed by atoms with Gasteiger partial charge in [-0.25, -0.2) is 14.8 Å². The minimum Gasteiger partial charge on any atom is -0.495 e. The first-order valence-electron chi connectivity index (χ1n) is 7.89. The predicted octanol–water partition coefficient (Wildman–Crippen LogP) is 2.56. The molecule has 0 bridgehead atoms. The number of benzene rings is 1. The van der Waals surface area contributed by atoms with Crippen LogP contribution >= 0.6 is 0 Å². The summed E-state index contributed by atoms with van der Waals surface area (Å²) in [6, 6.07) is 9.36. The van der Waals surface area contributed by atoms with Crippen LogP contribution in [0, 0.1) is 0 Å². The van der Waals surface area contributed by atoms with Gasteiger partial charge in [0.05, 0.1) is 12.8 Å². The molecule has 0 aliphatic carbocycles. The van der Waals surface area contributed by atoms with Crippen molar-refractivity contribution in [3.63, 3.8) is 0 Å². The molecule has 7 heteroatoms. The maximum Gasteiger partial charge on any atom is 0.321 e. The molecule has 1 aliphatic rings. The third kappa shape index (κ3) is 3.92. The highest BCUT2D eigenvalue weighted by Gasteiger charge is 2.25. The minimum absolute atomic E-state index is 0.0303. The Bertz CT molecular complexity index is 673. The predicted molar refractivity (Wildman–Crippen MR) is 89.3 cm³/mol. The van der Waals surface area contributed by atoms with Gasteiger partial charge in [0.15, 0.2) is 0 Å². The van der Waals surface area contributed by atoms with Crippen LogP contribution in [0.5, 0.6) is 11.8 Å². The number of piperidine rings is 1. The zero-order chi connectivity index (χ0) is 16.8. The second-order valence-corrected chi connectivity index (χ2v) is 5.47. The van der Waals surface area contributed by atoms with Gasteiger partial charge in [-0.2, -0.15) is 0 Å². The number of hydrogen-bond acceptors (Lipinski definition) is 5. The molecule has 24 heavy (non-hydrogen) atoms. The molecule has 126 valence electrons. The van der Waals surface area contributed by atoms with E-state index in [1.807, 2.05) is 24.3 Å². The lowest BCUT2D eigenvalue weighted by atomic mass is 10.1. The van der Waals surface area contributed by atoms with Gasteiger partial charge in [-0.05, 0) is 18.2 Å². The Hall–Kier alpha value is -2.83. The third-order valence-electron chi connectivity index (χ3n) is 3.89. The van der Waals surface area contributed by atoms with E-state index < -0.39 is 0 Å². The fraction of sp³-hybridized carbons (Fsp3) is 0.353. The Morgan fingerprint density at radius 3 is 2.58 bits per heavy atom. The molecule has 1 aliphatic heterocycles. The fourth-order valence-corrected chi connectivity index (χ4v) is 2.61. The normalized spacial score (nSPS) is 15.0. The van der Waals surface area contributed by atoms with E-state index in [-0.39, 0.29) is 12.1 Å². The highest BCUT2D eigenvalue weighted by atomic mass is 16.5. The molecule has 1 aromatic carbocycles. The summed E-state index contributed by atoms with van der Waals surface area (Å²) in [5.41, 5.74) is 0.668. The minimum atomic E-state index is -0.131. The molecule has 1 aromatic heterocycles. The van der Waals surface area contributed by atoms with E-state index in [9.17, 15) is 4.79 Å². The quantitative estimate of drug-likeness (QED) is 0.933. The number of methoxy groups -OCH3 is 1. The fourth-order valence-electron chi connectivity index (χ4n) is 2.61. The number of nitrogens with zero attached hydrogens (tertiary/aromatic N) is 3. The topological polar surface area (TPSA) is 76.6 Å². The maximum absolute atomic E-state index is 12.4. The average Bonchev–Trinajstić information content (AvgIpc) is 2.63. The van der Waals surface area contributed by atoms with Gasteiger partial charge in [-0.3, -0.25) is 0 Å². The Balaban J connectivity index is 1.52. The van der Waals surface area contributed by atoms with Gasteiger partial charge in [0.25, 0.3) is 0 Å². The maximum atomic E-state index is 12.4. The monoisotopic (exact) mass is 328 g/mol. The second-order valence-electron chi connectivity index (χ2n) is 5.47. The number of para-hydroxylation sites is 2. The lowest BCUT2D eigenvalue weighted by molar-refractivity contribution is 0.107. The number of ether oxygens (including phenoxy) is 2. The molecule has 2 amide bonds. The second kappa shape index (κ2) is 7.63. The number of carbonyl (C=O) groups is 1. The van der Waals surface area contributed by atoms with Crippen LogP contribution in [-0.4, -0.2) is 47.2 Å². The molecule has 7 nitrogen and oxygen atoms in total. The summed E-state index contributed by atoms with van der Waals surface area (Å²) < 4.78 is 11.0. The number of amides is 2. The first-order chi connectivity index (χ1) is 11.8. The van der Waals surface area contributed by atoms with Gasteiger partial charge in [0.2, 0.25) is 0 Å². The Morgan fingerprint density at radius 1 is 1.17 bits per heavy atom. The number of urea groups is 1. The molecule has 1 saturated heterocycles. The van der Waals surface area contributed by atoms with Crippen LogP contribution in [0.25, 0.3) is 0 Å². The van der Waals surface area contributed by atoms with E-state index in [1.54, 1.807) is 30.5 Å². The van der Waals surface area contributed by atoms with Crippen LogP contribution in [0.1, 0.15) is 12.8 Å². The Morgan fingerprint density at radius 2 is 1.88 bits per heavy atom. The highest BCUT2D eigenvalue weighted by Crippen LogP contribution is 2.24. The van der Waals surface area contributed by atoms with Crippen LogP contribution in [0.15, 0.2) is 42.7 Å². The zero-order valence-corrected chi connectivity index (χ0v) is 13.5. The molecule has 1 N–H and O–H groups in total. The molecule has 2 aromatic rings. The molecule has 2 heterocycles. The molecule has 0 spiro atoms. The molecular formula is C17H20N4O3. The van der Waals surface area contributed by atoms with Gasteiger partial charge >= 0.3 is 12.0 Å². The van der Waals surface area contributed by atoms with E-state index in [0.29, 0.717) is 30.5 Å². The SMILES string of the molecule is COc1ccccc1NC(=O)N1CCC(Oc2ncccn2)CC1. The number of rotatable bonds is 4. The van der Waals surface area contributed by atoms with Crippen molar-refractivity contribution in [2.45, 2.75) is 18.9 Å². The van der Waals surface area contributed by atoms with Gasteiger partial charge in [-0.1, -0.05) is 12.1 Å². The smallest absolute Gasteiger partial charge is 0.321 e. The first kappa shape index (κ1) is 16.0. The summed E-state index contributed by atoms with van der Waals surface area (Å²) >= 11 is 0. The lowest BCUT2D eigenvalue weighted by Gasteiger charge is -2.31. The summed E-state index contributed by atoms with van der Waals surface area (Å²) in [5.74, 6) is 0.644. The van der Waals surface area contributed by atoms with E-state index in [4.69, 9.17) is 9.47 Å². The largest absolute Gasteiger partial charge is 0.495 e. The van der Waals surface area contributed by atoms with Crippen molar-refractivity contribution in [3.05, 3.63) is 42.7 Å². The molecule has 0 atom stereocenters. The zero-order valence-electron chi connectivity index (χ0n) is 13.5. The van der Waals surface area contributed by atoms with Crippen molar-refractivity contribution in [2.75, 3.05) is 25.5 Å². The van der Waals surface area contributed by atoms with Crippen LogP contribution in [0.4, 0.5) is 10.5 Å². The van der Waals surface area contributed by atoms with Crippen molar-refractivity contribution in [3.8, 4) is 11.8 Å². The molecule has 0 radical (unpaired) electrons. The van der Waals surface area contributed by atoms with Crippen LogP contribution in [0.3, 0.4) is 0 Å². The summed E-state index contributed by atoms with van der Waals surface area (Å²) in [7, 11) is 1.58. The molecule has 3 rings (SSSR count). The van der Waals surface area contributed by atoms with E-state index in [2.05, 4.69) is 15.3 Å². The molecule has 1 fully saturated rings. The molecule has 0 unspecified atom stereocenters. The number of hydrogen-bond donors (Lipinski definition) is 1. The molecular weight excluding hydrogens is 308 g/mol. The van der Waals surface area contributed by atoms with E-state index in [0.717, 1.165) is 12.8 Å². The number of likely N-dealkylation sites (tertiary alicyclic amines) is 1. The summed E-state index contributed by atoms with van der Waals surface area (Å²) in [5, 5.41) is 2.89. The summed E-state index contributed by atoms with van der Waals surface area (Å²) in [4.78, 5) is 22.3. The third-order valence-corrected chi connectivity index (χ3v) is 3.89. The highest BCUT2D eigenvalue weighted by molar-refractivity contribution is 5.91. The number of nitrogens with one attached hydrogen (secondary N) is 1.